The lowest BCUT2D eigenvalue weighted by molar-refractivity contribution is 0.0660. The SMILES string of the molecule is CC(CC#N)N(C)CC(O)COc1ccccc1. The minimum atomic E-state index is -0.559. The Morgan fingerprint density at radius 2 is 2.06 bits per heavy atom. The van der Waals surface area contributed by atoms with Crippen molar-refractivity contribution in [3.8, 4) is 11.8 Å². The Balaban J connectivity index is 2.29. The van der Waals surface area contributed by atoms with Crippen LogP contribution in [0.25, 0.3) is 0 Å². The Morgan fingerprint density at radius 1 is 1.39 bits per heavy atom. The van der Waals surface area contributed by atoms with Crippen molar-refractivity contribution in [3.05, 3.63) is 30.3 Å². The fourth-order valence-electron chi connectivity index (χ4n) is 1.56. The van der Waals surface area contributed by atoms with Gasteiger partial charge in [-0.2, -0.15) is 5.26 Å². The van der Waals surface area contributed by atoms with Crippen LogP contribution in [0.2, 0.25) is 0 Å². The highest BCUT2D eigenvalue weighted by Crippen LogP contribution is 2.09. The van der Waals surface area contributed by atoms with Gasteiger partial charge in [0, 0.05) is 12.6 Å². The minimum Gasteiger partial charge on any atom is -0.491 e. The van der Waals surface area contributed by atoms with Gasteiger partial charge in [-0.05, 0) is 26.1 Å². The molecule has 4 heteroatoms. The molecule has 0 radical (unpaired) electrons. The van der Waals surface area contributed by atoms with Gasteiger partial charge >= 0.3 is 0 Å². The molecule has 98 valence electrons. The summed E-state index contributed by atoms with van der Waals surface area (Å²) in [5.74, 6) is 0.754. The number of para-hydroxylation sites is 1. The summed E-state index contributed by atoms with van der Waals surface area (Å²) in [6.07, 6.45) is -0.0979. The number of nitriles is 1. The smallest absolute Gasteiger partial charge is 0.119 e. The van der Waals surface area contributed by atoms with Crippen molar-refractivity contribution in [1.29, 1.82) is 5.26 Å². The lowest BCUT2D eigenvalue weighted by atomic mass is 10.2. The van der Waals surface area contributed by atoms with Crippen molar-refractivity contribution in [2.24, 2.45) is 0 Å². The number of aliphatic hydroxyl groups is 1. The number of hydrogen-bond donors (Lipinski definition) is 1. The number of hydrogen-bond acceptors (Lipinski definition) is 4. The molecule has 18 heavy (non-hydrogen) atoms. The molecule has 2 atom stereocenters. The Kier molecular flexibility index (Phi) is 6.20. The number of nitrogens with zero attached hydrogens (tertiary/aromatic N) is 2. The summed E-state index contributed by atoms with van der Waals surface area (Å²) in [6.45, 7) is 2.72. The highest BCUT2D eigenvalue weighted by atomic mass is 16.5. The maximum atomic E-state index is 9.85. The molecule has 0 aliphatic rings. The van der Waals surface area contributed by atoms with Crippen LogP contribution >= 0.6 is 0 Å². The van der Waals surface area contributed by atoms with Crippen LogP contribution < -0.4 is 4.74 Å². The molecule has 4 nitrogen and oxygen atoms in total. The van der Waals surface area contributed by atoms with Gasteiger partial charge in [-0.1, -0.05) is 18.2 Å². The third-order valence-electron chi connectivity index (χ3n) is 2.82. The number of likely N-dealkylation sites (N-methyl/N-ethyl adjacent to an activating group) is 1. The average molecular weight is 248 g/mol. The summed E-state index contributed by atoms with van der Waals surface area (Å²) in [6, 6.07) is 11.7. The van der Waals surface area contributed by atoms with E-state index >= 15 is 0 Å². The van der Waals surface area contributed by atoms with Gasteiger partial charge in [-0.3, -0.25) is 4.90 Å². The fraction of sp³-hybridized carbons (Fsp3) is 0.500. The molecule has 1 aromatic rings. The fourth-order valence-corrected chi connectivity index (χ4v) is 1.56. The van der Waals surface area contributed by atoms with Gasteiger partial charge in [0.1, 0.15) is 18.5 Å². The van der Waals surface area contributed by atoms with Gasteiger partial charge < -0.3 is 9.84 Å². The van der Waals surface area contributed by atoms with E-state index in [0.717, 1.165) is 5.75 Å². The monoisotopic (exact) mass is 248 g/mol. The van der Waals surface area contributed by atoms with Gasteiger partial charge in [0.15, 0.2) is 0 Å². The van der Waals surface area contributed by atoms with Crippen LogP contribution in [0.4, 0.5) is 0 Å². The third kappa shape index (κ3) is 5.17. The van der Waals surface area contributed by atoms with Crippen molar-refractivity contribution in [3.63, 3.8) is 0 Å². The first-order valence-corrected chi connectivity index (χ1v) is 6.06. The largest absolute Gasteiger partial charge is 0.491 e. The summed E-state index contributed by atoms with van der Waals surface area (Å²) in [7, 11) is 1.90. The van der Waals surface area contributed by atoms with Crippen LogP contribution in [0.3, 0.4) is 0 Å². The average Bonchev–Trinajstić information content (AvgIpc) is 2.38. The van der Waals surface area contributed by atoms with E-state index in [1.165, 1.54) is 0 Å². The zero-order valence-electron chi connectivity index (χ0n) is 10.9. The first-order valence-electron chi connectivity index (χ1n) is 6.06. The minimum absolute atomic E-state index is 0.140. The first-order chi connectivity index (χ1) is 8.63. The molecule has 2 unspecified atom stereocenters. The Morgan fingerprint density at radius 3 is 2.67 bits per heavy atom. The number of benzene rings is 1. The molecule has 1 rings (SSSR count). The molecule has 0 fully saturated rings. The van der Waals surface area contributed by atoms with Gasteiger partial charge in [-0.25, -0.2) is 0 Å². The Labute approximate surface area is 108 Å². The molecule has 0 spiro atoms. The van der Waals surface area contributed by atoms with E-state index < -0.39 is 6.10 Å². The van der Waals surface area contributed by atoms with E-state index in [2.05, 4.69) is 6.07 Å². The van der Waals surface area contributed by atoms with Crippen molar-refractivity contribution in [2.75, 3.05) is 20.2 Å². The van der Waals surface area contributed by atoms with E-state index in [1.807, 2.05) is 49.2 Å². The second-order valence-electron chi connectivity index (χ2n) is 4.43. The number of ether oxygens (including phenoxy) is 1. The van der Waals surface area contributed by atoms with Crippen LogP contribution in [-0.4, -0.2) is 42.4 Å². The van der Waals surface area contributed by atoms with E-state index in [-0.39, 0.29) is 12.6 Å². The van der Waals surface area contributed by atoms with Crippen LogP contribution in [0.5, 0.6) is 5.75 Å². The van der Waals surface area contributed by atoms with Gasteiger partial charge in [-0.15, -0.1) is 0 Å². The second-order valence-corrected chi connectivity index (χ2v) is 4.43. The topological polar surface area (TPSA) is 56.5 Å². The molecular weight excluding hydrogens is 228 g/mol. The molecule has 0 aromatic heterocycles. The summed E-state index contributed by atoms with van der Waals surface area (Å²) < 4.78 is 5.47. The quantitative estimate of drug-likeness (QED) is 0.797. The molecule has 0 bridgehead atoms. The van der Waals surface area contributed by atoms with Crippen LogP contribution in [-0.2, 0) is 0 Å². The van der Waals surface area contributed by atoms with E-state index in [9.17, 15) is 5.11 Å². The molecule has 0 saturated heterocycles. The van der Waals surface area contributed by atoms with Crippen LogP contribution in [0.1, 0.15) is 13.3 Å². The lowest BCUT2D eigenvalue weighted by Gasteiger charge is -2.25. The zero-order chi connectivity index (χ0) is 13.4. The summed E-state index contributed by atoms with van der Waals surface area (Å²) in [5.41, 5.74) is 0. The predicted molar refractivity (Wildman–Crippen MR) is 70.3 cm³/mol. The van der Waals surface area contributed by atoms with Crippen molar-refractivity contribution in [2.45, 2.75) is 25.5 Å². The molecular formula is C14H20N2O2. The first kappa shape index (κ1) is 14.5. The molecule has 1 N–H and O–H groups in total. The summed E-state index contributed by atoms with van der Waals surface area (Å²) in [4.78, 5) is 1.96. The van der Waals surface area contributed by atoms with Gasteiger partial charge in [0.25, 0.3) is 0 Å². The van der Waals surface area contributed by atoms with Gasteiger partial charge in [0.2, 0.25) is 0 Å². The molecule has 1 aromatic carbocycles. The maximum absolute atomic E-state index is 9.85. The predicted octanol–water partition coefficient (Wildman–Crippen LogP) is 1.66. The number of aliphatic hydroxyl groups excluding tert-OH is 1. The normalized spacial score (nSPS) is 13.9. The molecule has 0 amide bonds. The van der Waals surface area contributed by atoms with E-state index in [4.69, 9.17) is 10.00 Å². The van der Waals surface area contributed by atoms with Crippen molar-refractivity contribution < 1.29 is 9.84 Å². The lowest BCUT2D eigenvalue weighted by Crippen LogP contribution is -2.38. The van der Waals surface area contributed by atoms with Crippen molar-refractivity contribution in [1.82, 2.24) is 4.90 Å². The highest BCUT2D eigenvalue weighted by Gasteiger charge is 2.14. The maximum Gasteiger partial charge on any atom is 0.119 e. The zero-order valence-corrected chi connectivity index (χ0v) is 10.9. The van der Waals surface area contributed by atoms with Crippen molar-refractivity contribution >= 4 is 0 Å². The summed E-state index contributed by atoms with van der Waals surface area (Å²) in [5, 5.41) is 18.5. The summed E-state index contributed by atoms with van der Waals surface area (Å²) >= 11 is 0. The van der Waals surface area contributed by atoms with Gasteiger partial charge in [0.05, 0.1) is 12.5 Å². The third-order valence-corrected chi connectivity index (χ3v) is 2.82. The molecule has 0 heterocycles. The Bertz CT molecular complexity index is 375. The molecule has 0 saturated carbocycles. The highest BCUT2D eigenvalue weighted by molar-refractivity contribution is 5.20. The van der Waals surface area contributed by atoms with E-state index in [1.54, 1.807) is 0 Å². The van der Waals surface area contributed by atoms with E-state index in [0.29, 0.717) is 13.0 Å². The van der Waals surface area contributed by atoms with Crippen LogP contribution in [0, 0.1) is 11.3 Å². The Hall–Kier alpha value is -1.57. The second kappa shape index (κ2) is 7.70. The number of rotatable bonds is 7. The molecule has 0 aliphatic heterocycles. The molecule has 0 aliphatic carbocycles. The van der Waals surface area contributed by atoms with Crippen LogP contribution in [0.15, 0.2) is 30.3 Å². The standard InChI is InChI=1S/C14H20N2O2/c1-12(8-9-15)16(2)10-13(17)11-18-14-6-4-3-5-7-14/h3-7,12-13,17H,8,10-11H2,1-2H3.